The van der Waals surface area contributed by atoms with Crippen molar-refractivity contribution in [3.05, 3.63) is 16.1 Å². The third kappa shape index (κ3) is 2.86. The number of hydrogen-bond acceptors (Lipinski definition) is 6. The topological polar surface area (TPSA) is 82.3 Å². The van der Waals surface area contributed by atoms with Crippen LogP contribution >= 0.6 is 11.3 Å². The molecule has 0 amide bonds. The van der Waals surface area contributed by atoms with Crippen molar-refractivity contribution < 1.29 is 14.4 Å². The van der Waals surface area contributed by atoms with Crippen LogP contribution in [-0.2, 0) is 9.63 Å². The maximum Gasteiger partial charge on any atom is 0.325 e. The average molecular weight is 242 g/mol. The normalized spacial score (nSPS) is 12.2. The van der Waals surface area contributed by atoms with Gasteiger partial charge < -0.3 is 4.84 Å². The first-order valence-corrected chi connectivity index (χ1v) is 5.82. The minimum atomic E-state index is -0.491. The van der Waals surface area contributed by atoms with Crippen molar-refractivity contribution in [2.24, 2.45) is 5.90 Å². The van der Waals surface area contributed by atoms with Crippen LogP contribution in [0.3, 0.4) is 0 Å². The Kier molecular flexibility index (Phi) is 4.57. The molecule has 0 saturated carbocycles. The maximum atomic E-state index is 11.3. The molecule has 0 aliphatic rings. The van der Waals surface area contributed by atoms with Gasteiger partial charge in [-0.15, -0.1) is 11.3 Å². The summed E-state index contributed by atoms with van der Waals surface area (Å²) >= 11 is 1.29. The molecule has 88 valence electrons. The van der Waals surface area contributed by atoms with Crippen LogP contribution in [0, 0.1) is 0 Å². The zero-order chi connectivity index (χ0) is 12.1. The first-order valence-electron chi connectivity index (χ1n) is 4.94. The molecule has 6 heteroatoms. The van der Waals surface area contributed by atoms with Crippen LogP contribution in [0.4, 0.5) is 0 Å². The highest BCUT2D eigenvalue weighted by molar-refractivity contribution is 7.11. The number of nitrogens with two attached hydrogens (primary N) is 1. The summed E-state index contributed by atoms with van der Waals surface area (Å²) in [6.07, 6.45) is 0.857. The van der Waals surface area contributed by atoms with E-state index in [4.69, 9.17) is 5.90 Å². The number of ketones is 1. The second-order valence-corrected chi connectivity index (χ2v) is 4.28. The molecule has 0 bridgehead atoms. The molecule has 0 radical (unpaired) electrons. The van der Waals surface area contributed by atoms with E-state index >= 15 is 0 Å². The summed E-state index contributed by atoms with van der Waals surface area (Å²) in [6.45, 7) is 3.42. The maximum absolute atomic E-state index is 11.3. The summed E-state index contributed by atoms with van der Waals surface area (Å²) in [5.41, 5.74) is 2.29. The van der Waals surface area contributed by atoms with E-state index in [1.807, 2.05) is 6.92 Å². The average Bonchev–Trinajstić information content (AvgIpc) is 2.74. The lowest BCUT2D eigenvalue weighted by atomic mass is 9.97. The lowest BCUT2D eigenvalue weighted by Gasteiger charge is -2.11. The zero-order valence-electron chi connectivity index (χ0n) is 9.23. The standard InChI is InChI=1S/C10H14N2O3S/c1-3-7(4-8(14)15-11)9-10(6(2)13)16-5-12-9/h5,7H,3-4,11H2,1-2H3. The van der Waals surface area contributed by atoms with E-state index in [0.717, 1.165) is 0 Å². The van der Waals surface area contributed by atoms with Gasteiger partial charge in [0.2, 0.25) is 0 Å². The highest BCUT2D eigenvalue weighted by atomic mass is 32.1. The zero-order valence-corrected chi connectivity index (χ0v) is 10.0. The molecular weight excluding hydrogens is 228 g/mol. The van der Waals surface area contributed by atoms with Gasteiger partial charge in [0.25, 0.3) is 0 Å². The number of Topliss-reactive ketones (excluding diaryl/α,β-unsaturated/α-hetero) is 1. The summed E-state index contributed by atoms with van der Waals surface area (Å²) in [5.74, 6) is 4.16. The molecule has 2 N–H and O–H groups in total. The van der Waals surface area contributed by atoms with Gasteiger partial charge in [0.05, 0.1) is 22.5 Å². The quantitative estimate of drug-likeness (QED) is 0.627. The van der Waals surface area contributed by atoms with Crippen molar-refractivity contribution in [2.75, 3.05) is 0 Å². The minimum Gasteiger partial charge on any atom is -0.373 e. The molecule has 0 spiro atoms. The highest BCUT2D eigenvalue weighted by Gasteiger charge is 2.22. The molecule has 1 rings (SSSR count). The first kappa shape index (κ1) is 12.8. The fourth-order valence-corrected chi connectivity index (χ4v) is 2.27. The monoisotopic (exact) mass is 242 g/mol. The van der Waals surface area contributed by atoms with Gasteiger partial charge in [-0.2, -0.15) is 5.90 Å². The molecule has 0 saturated heterocycles. The molecule has 1 aromatic rings. The summed E-state index contributed by atoms with van der Waals surface area (Å²) in [6, 6.07) is 0. The van der Waals surface area contributed by atoms with Gasteiger partial charge in [-0.25, -0.2) is 4.98 Å². The molecule has 1 aromatic heterocycles. The van der Waals surface area contributed by atoms with Crippen LogP contribution in [0.25, 0.3) is 0 Å². The van der Waals surface area contributed by atoms with Crippen molar-refractivity contribution >= 4 is 23.1 Å². The van der Waals surface area contributed by atoms with E-state index < -0.39 is 5.97 Å². The lowest BCUT2D eigenvalue weighted by Crippen LogP contribution is -2.15. The van der Waals surface area contributed by atoms with E-state index in [0.29, 0.717) is 17.0 Å². The van der Waals surface area contributed by atoms with Gasteiger partial charge in [-0.05, 0) is 6.42 Å². The lowest BCUT2D eigenvalue weighted by molar-refractivity contribution is -0.144. The third-order valence-electron chi connectivity index (χ3n) is 2.34. The second-order valence-electron chi connectivity index (χ2n) is 3.42. The number of carbonyl (C=O) groups excluding carboxylic acids is 2. The van der Waals surface area contributed by atoms with Crippen LogP contribution in [0.2, 0.25) is 0 Å². The van der Waals surface area contributed by atoms with Crippen molar-refractivity contribution in [3.8, 4) is 0 Å². The van der Waals surface area contributed by atoms with Crippen LogP contribution in [0.15, 0.2) is 5.51 Å². The minimum absolute atomic E-state index is 0.0305. The van der Waals surface area contributed by atoms with Crippen molar-refractivity contribution in [3.63, 3.8) is 0 Å². The Bertz CT molecular complexity index is 389. The van der Waals surface area contributed by atoms with Gasteiger partial charge >= 0.3 is 5.97 Å². The van der Waals surface area contributed by atoms with Gasteiger partial charge in [0.1, 0.15) is 0 Å². The molecule has 16 heavy (non-hydrogen) atoms. The van der Waals surface area contributed by atoms with Gasteiger partial charge in [0.15, 0.2) is 5.78 Å². The van der Waals surface area contributed by atoms with Gasteiger partial charge in [-0.1, -0.05) is 6.92 Å². The molecule has 0 aromatic carbocycles. The molecule has 5 nitrogen and oxygen atoms in total. The van der Waals surface area contributed by atoms with E-state index in [-0.39, 0.29) is 18.1 Å². The van der Waals surface area contributed by atoms with Crippen LogP contribution in [0.5, 0.6) is 0 Å². The molecule has 1 unspecified atom stereocenters. The van der Waals surface area contributed by atoms with Crippen molar-refractivity contribution in [1.29, 1.82) is 0 Å². The number of carbonyl (C=O) groups is 2. The Morgan fingerprint density at radius 3 is 2.81 bits per heavy atom. The molecule has 1 atom stereocenters. The van der Waals surface area contributed by atoms with Gasteiger partial charge in [-0.3, -0.25) is 9.59 Å². The van der Waals surface area contributed by atoms with Crippen LogP contribution < -0.4 is 5.90 Å². The Hall–Kier alpha value is -1.27. The predicted molar refractivity (Wildman–Crippen MR) is 60.0 cm³/mol. The predicted octanol–water partition coefficient (Wildman–Crippen LogP) is 1.65. The largest absolute Gasteiger partial charge is 0.373 e. The molecule has 0 aliphatic carbocycles. The fourth-order valence-electron chi connectivity index (χ4n) is 1.49. The van der Waals surface area contributed by atoms with E-state index in [1.165, 1.54) is 18.3 Å². The number of hydrogen-bond donors (Lipinski definition) is 1. The second kappa shape index (κ2) is 5.72. The Morgan fingerprint density at radius 2 is 2.31 bits per heavy atom. The molecule has 0 fully saturated rings. The smallest absolute Gasteiger partial charge is 0.325 e. The SMILES string of the molecule is CCC(CC(=O)ON)c1ncsc1C(C)=O. The third-order valence-corrected chi connectivity index (χ3v) is 3.28. The Morgan fingerprint density at radius 1 is 1.62 bits per heavy atom. The summed E-state index contributed by atoms with van der Waals surface area (Å²) < 4.78 is 0. The van der Waals surface area contributed by atoms with E-state index in [2.05, 4.69) is 9.82 Å². The van der Waals surface area contributed by atoms with Gasteiger partial charge in [0, 0.05) is 12.8 Å². The number of aromatic nitrogens is 1. The van der Waals surface area contributed by atoms with Crippen molar-refractivity contribution in [2.45, 2.75) is 32.6 Å². The first-order chi connectivity index (χ1) is 7.60. The molecule has 0 aliphatic heterocycles. The molecular formula is C10H14N2O3S. The number of nitrogens with zero attached hydrogens (tertiary/aromatic N) is 1. The highest BCUT2D eigenvalue weighted by Crippen LogP contribution is 2.28. The van der Waals surface area contributed by atoms with Crippen LogP contribution in [0.1, 0.15) is 48.0 Å². The number of rotatable bonds is 5. The van der Waals surface area contributed by atoms with E-state index in [9.17, 15) is 9.59 Å². The molecule has 1 heterocycles. The Labute approximate surface area is 97.6 Å². The number of thiazole rings is 1. The summed E-state index contributed by atoms with van der Waals surface area (Å²) in [7, 11) is 0. The fraction of sp³-hybridized carbons (Fsp3) is 0.500. The van der Waals surface area contributed by atoms with Crippen LogP contribution in [-0.4, -0.2) is 16.7 Å². The summed E-state index contributed by atoms with van der Waals surface area (Å²) in [5, 5.41) is 0. The Balaban J connectivity index is 2.90. The summed E-state index contributed by atoms with van der Waals surface area (Å²) in [4.78, 5) is 31.3. The van der Waals surface area contributed by atoms with Crippen molar-refractivity contribution in [1.82, 2.24) is 4.98 Å². The van der Waals surface area contributed by atoms with E-state index in [1.54, 1.807) is 5.51 Å².